The molecule has 44 valence electrons. The molecule has 1 aliphatic rings. The highest BCUT2D eigenvalue weighted by atomic mass is 15.2. The van der Waals surface area contributed by atoms with Crippen LogP contribution < -0.4 is 0 Å². The molecule has 0 bridgehead atoms. The molecule has 1 fully saturated rings. The molecule has 1 heteroatoms. The summed E-state index contributed by atoms with van der Waals surface area (Å²) in [5.74, 6) is 3.27. The van der Waals surface area contributed by atoms with Gasteiger partial charge in [0, 0.05) is 19.0 Å². The predicted octanol–water partition coefficient (Wildman–Crippen LogP) is 0.571. The molecule has 0 N–H and O–H groups in total. The average Bonchev–Trinajstić information content (AvgIpc) is 1.65. The molecule has 1 saturated heterocycles. The molecule has 0 spiro atoms. The monoisotopic (exact) mass is 109 g/mol. The van der Waals surface area contributed by atoms with E-state index in [1.165, 1.54) is 0 Å². The number of terminal acetylenes is 1. The van der Waals surface area contributed by atoms with Crippen LogP contribution in [0.1, 0.15) is 6.92 Å². The van der Waals surface area contributed by atoms with Crippen molar-refractivity contribution < 1.29 is 0 Å². The van der Waals surface area contributed by atoms with Crippen molar-refractivity contribution in [3.8, 4) is 12.3 Å². The Morgan fingerprint density at radius 2 is 2.38 bits per heavy atom. The second-order valence-corrected chi connectivity index (χ2v) is 2.22. The fourth-order valence-corrected chi connectivity index (χ4v) is 0.933. The van der Waals surface area contributed by atoms with E-state index in [0.29, 0.717) is 5.92 Å². The molecule has 0 aromatic rings. The Kier molecular flexibility index (Phi) is 1.55. The molecule has 0 aliphatic carbocycles. The number of hydrogen-bond donors (Lipinski definition) is 0. The van der Waals surface area contributed by atoms with E-state index < -0.39 is 0 Å². The maximum Gasteiger partial charge on any atom is 0.0454 e. The lowest BCUT2D eigenvalue weighted by molar-refractivity contribution is 0.145. The third-order valence-corrected chi connectivity index (χ3v) is 1.64. The van der Waals surface area contributed by atoms with Gasteiger partial charge in [-0.15, -0.1) is 12.3 Å². The first kappa shape index (κ1) is 5.65. The molecule has 1 rings (SSSR count). The largest absolute Gasteiger partial charge is 0.301 e. The topological polar surface area (TPSA) is 3.24 Å². The van der Waals surface area contributed by atoms with Crippen molar-refractivity contribution in [3.63, 3.8) is 0 Å². The molecule has 1 nitrogen and oxygen atoms in total. The fraction of sp³-hybridized carbons (Fsp3) is 0.714. The lowest BCUT2D eigenvalue weighted by Crippen LogP contribution is -2.45. The van der Waals surface area contributed by atoms with Crippen LogP contribution in [0.25, 0.3) is 0 Å². The summed E-state index contributed by atoms with van der Waals surface area (Å²) >= 11 is 0. The van der Waals surface area contributed by atoms with Crippen LogP contribution in [0.3, 0.4) is 0 Å². The summed E-state index contributed by atoms with van der Waals surface area (Å²) in [5, 5.41) is 0. The first-order valence-electron chi connectivity index (χ1n) is 3.05. The fourth-order valence-electron chi connectivity index (χ4n) is 0.933. The lowest BCUT2D eigenvalue weighted by Gasteiger charge is -2.35. The third kappa shape index (κ3) is 0.850. The van der Waals surface area contributed by atoms with Gasteiger partial charge in [-0.1, -0.05) is 6.92 Å². The summed E-state index contributed by atoms with van der Waals surface area (Å²) in [6.45, 7) is 5.55. The minimum absolute atomic E-state index is 0.551. The molecule has 0 radical (unpaired) electrons. The number of nitrogens with zero attached hydrogens (tertiary/aromatic N) is 1. The molecule has 1 aliphatic heterocycles. The number of hydrogen-bond acceptors (Lipinski definition) is 1. The van der Waals surface area contributed by atoms with Gasteiger partial charge < -0.3 is 4.90 Å². The van der Waals surface area contributed by atoms with Crippen molar-refractivity contribution in [3.05, 3.63) is 0 Å². The molecular weight excluding hydrogens is 98.1 g/mol. The van der Waals surface area contributed by atoms with Gasteiger partial charge in [0.15, 0.2) is 0 Å². The summed E-state index contributed by atoms with van der Waals surface area (Å²) in [6, 6.07) is 0. The Hall–Kier alpha value is -0.480. The Labute approximate surface area is 50.7 Å². The van der Waals surface area contributed by atoms with E-state index in [1.807, 2.05) is 0 Å². The quantitative estimate of drug-likeness (QED) is 0.445. The van der Waals surface area contributed by atoms with Gasteiger partial charge in [-0.25, -0.2) is 0 Å². The van der Waals surface area contributed by atoms with Crippen LogP contribution in [0.4, 0.5) is 0 Å². The Morgan fingerprint density at radius 3 is 2.75 bits per heavy atom. The van der Waals surface area contributed by atoms with E-state index in [0.717, 1.165) is 19.6 Å². The second-order valence-electron chi connectivity index (χ2n) is 2.22. The van der Waals surface area contributed by atoms with Gasteiger partial charge in [-0.05, 0) is 6.54 Å². The van der Waals surface area contributed by atoms with Crippen molar-refractivity contribution in [2.24, 2.45) is 5.92 Å². The van der Waals surface area contributed by atoms with E-state index in [2.05, 4.69) is 17.7 Å². The van der Waals surface area contributed by atoms with Crippen molar-refractivity contribution in [2.45, 2.75) is 6.92 Å². The van der Waals surface area contributed by atoms with Crippen LogP contribution >= 0.6 is 0 Å². The molecule has 1 heterocycles. The molecule has 0 amide bonds. The molecule has 0 aromatic carbocycles. The predicted molar refractivity (Wildman–Crippen MR) is 34.4 cm³/mol. The van der Waals surface area contributed by atoms with Crippen LogP contribution in [-0.2, 0) is 0 Å². The standard InChI is InChI=1S/C7H11N/c1-3-7-5-8(4-2)6-7/h1,7H,4-6H2,2H3. The van der Waals surface area contributed by atoms with Gasteiger partial charge in [0.1, 0.15) is 0 Å². The molecule has 0 unspecified atom stereocenters. The minimum Gasteiger partial charge on any atom is -0.301 e. The summed E-state index contributed by atoms with van der Waals surface area (Å²) in [5.41, 5.74) is 0. The SMILES string of the molecule is C#CC1CN(CC)C1. The van der Waals surface area contributed by atoms with Crippen molar-refractivity contribution in [1.82, 2.24) is 4.90 Å². The van der Waals surface area contributed by atoms with Crippen LogP contribution in [0.2, 0.25) is 0 Å². The summed E-state index contributed by atoms with van der Waals surface area (Å²) in [7, 11) is 0. The number of rotatable bonds is 1. The summed E-state index contributed by atoms with van der Waals surface area (Å²) in [6.07, 6.45) is 5.17. The Morgan fingerprint density at radius 1 is 1.75 bits per heavy atom. The lowest BCUT2D eigenvalue weighted by atomic mass is 10.0. The molecule has 8 heavy (non-hydrogen) atoms. The van der Waals surface area contributed by atoms with E-state index in [9.17, 15) is 0 Å². The number of likely N-dealkylation sites (tertiary alicyclic amines) is 1. The van der Waals surface area contributed by atoms with Crippen LogP contribution in [-0.4, -0.2) is 24.5 Å². The molecule has 0 atom stereocenters. The van der Waals surface area contributed by atoms with E-state index in [-0.39, 0.29) is 0 Å². The van der Waals surface area contributed by atoms with Gasteiger partial charge in [-0.2, -0.15) is 0 Å². The van der Waals surface area contributed by atoms with Gasteiger partial charge in [0.2, 0.25) is 0 Å². The highest BCUT2D eigenvalue weighted by Crippen LogP contribution is 2.12. The minimum atomic E-state index is 0.551. The molecule has 0 saturated carbocycles. The van der Waals surface area contributed by atoms with Crippen LogP contribution in [0.15, 0.2) is 0 Å². The Bertz CT molecular complexity index is 106. The van der Waals surface area contributed by atoms with Gasteiger partial charge >= 0.3 is 0 Å². The highest BCUT2D eigenvalue weighted by Gasteiger charge is 2.21. The van der Waals surface area contributed by atoms with Crippen molar-refractivity contribution >= 4 is 0 Å². The highest BCUT2D eigenvalue weighted by molar-refractivity contribution is 5.01. The summed E-state index contributed by atoms with van der Waals surface area (Å²) in [4.78, 5) is 2.34. The van der Waals surface area contributed by atoms with Gasteiger partial charge in [0.25, 0.3) is 0 Å². The van der Waals surface area contributed by atoms with Crippen molar-refractivity contribution in [2.75, 3.05) is 19.6 Å². The zero-order valence-electron chi connectivity index (χ0n) is 5.22. The van der Waals surface area contributed by atoms with Gasteiger partial charge in [-0.3, -0.25) is 0 Å². The summed E-state index contributed by atoms with van der Waals surface area (Å²) < 4.78 is 0. The first-order chi connectivity index (χ1) is 3.86. The van der Waals surface area contributed by atoms with Gasteiger partial charge in [0.05, 0.1) is 0 Å². The molecule has 0 aromatic heterocycles. The second kappa shape index (κ2) is 2.19. The maximum absolute atomic E-state index is 5.17. The smallest absolute Gasteiger partial charge is 0.0454 e. The van der Waals surface area contributed by atoms with Crippen molar-refractivity contribution in [1.29, 1.82) is 0 Å². The van der Waals surface area contributed by atoms with E-state index >= 15 is 0 Å². The van der Waals surface area contributed by atoms with E-state index in [4.69, 9.17) is 6.42 Å². The zero-order chi connectivity index (χ0) is 5.98. The van der Waals surface area contributed by atoms with Crippen LogP contribution in [0, 0.1) is 18.3 Å². The van der Waals surface area contributed by atoms with E-state index in [1.54, 1.807) is 0 Å². The Balaban J connectivity index is 2.14. The normalized spacial score (nSPS) is 22.0. The average molecular weight is 109 g/mol. The van der Waals surface area contributed by atoms with Crippen LogP contribution in [0.5, 0.6) is 0 Å². The zero-order valence-corrected chi connectivity index (χ0v) is 5.22. The third-order valence-electron chi connectivity index (χ3n) is 1.64. The molecular formula is C7H11N. The first-order valence-corrected chi connectivity index (χ1v) is 3.05. The maximum atomic E-state index is 5.17.